The molecule has 0 aliphatic rings. The Morgan fingerprint density at radius 2 is 1.65 bits per heavy atom. The molecular weight excluding hydrogens is 536 g/mol. The predicted molar refractivity (Wildman–Crippen MR) is 122 cm³/mol. The predicted octanol–water partition coefficient (Wildman–Crippen LogP) is 4.14. The van der Waals surface area contributed by atoms with E-state index in [1.807, 2.05) is 31.2 Å². The van der Waals surface area contributed by atoms with Crippen LogP contribution in [-0.2, 0) is 0 Å². The summed E-state index contributed by atoms with van der Waals surface area (Å²) in [4.78, 5) is 8.60. The van der Waals surface area contributed by atoms with Crippen LogP contribution in [0.5, 0.6) is 11.5 Å². The van der Waals surface area contributed by atoms with Crippen LogP contribution < -0.4 is 16.3 Å². The third-order valence-electron chi connectivity index (χ3n) is 4.06. The Kier molecular flexibility index (Phi) is 5.86. The summed E-state index contributed by atoms with van der Waals surface area (Å²) < 4.78 is 5.20. The van der Waals surface area contributed by atoms with Gasteiger partial charge in [0, 0.05) is 5.56 Å². The fourth-order valence-corrected chi connectivity index (χ4v) is 3.60. The number of benzene rings is 2. The minimum absolute atomic E-state index is 0.119. The van der Waals surface area contributed by atoms with Gasteiger partial charge in [0.25, 0.3) is 0 Å². The average Bonchev–Trinajstić information content (AvgIpc) is 3.22. The van der Waals surface area contributed by atoms with Gasteiger partial charge in [-0.05, 0) is 67.3 Å². The highest BCUT2D eigenvalue weighted by molar-refractivity contribution is 9.11. The third-order valence-corrected chi connectivity index (χ3v) is 5.42. The maximum atomic E-state index is 10.2. The highest BCUT2D eigenvalue weighted by Crippen LogP contribution is 2.40. The maximum absolute atomic E-state index is 10.2. The van der Waals surface area contributed by atoms with Gasteiger partial charge in [-0.1, -0.05) is 17.7 Å². The maximum Gasteiger partial charge on any atom is 0.245 e. The first-order chi connectivity index (χ1) is 14.9. The van der Waals surface area contributed by atoms with E-state index in [2.05, 4.69) is 78.1 Å². The number of hydrazone groups is 1. The number of phenolic OH excluding ortho intramolecular Hbond substituents is 2. The molecule has 0 spiro atoms. The quantitative estimate of drug-likeness (QED) is 0.175. The standard InChI is InChI=1S/C18H14Br2N8O3/c1-8-2-4-10(5-3-8)24-26-16-15(22-17-18(23-16)28-31-27-17)25-21-7-9-6-11(19)14(30)12(20)13(9)29/h2-7,24,29-30H,1H3,(H,22,25,27)(H,23,26,28)/b21-7+. The average molecular weight is 550 g/mol. The number of anilines is 3. The third kappa shape index (κ3) is 4.51. The van der Waals surface area contributed by atoms with Gasteiger partial charge < -0.3 is 10.2 Å². The van der Waals surface area contributed by atoms with Crippen molar-refractivity contribution in [2.24, 2.45) is 5.10 Å². The number of hydrazine groups is 1. The van der Waals surface area contributed by atoms with Crippen molar-refractivity contribution in [3.8, 4) is 11.5 Å². The Morgan fingerprint density at radius 3 is 2.35 bits per heavy atom. The second kappa shape index (κ2) is 8.73. The monoisotopic (exact) mass is 548 g/mol. The lowest BCUT2D eigenvalue weighted by Crippen LogP contribution is -2.13. The number of fused-ring (bicyclic) bond motifs is 1. The second-order valence-corrected chi connectivity index (χ2v) is 7.92. The summed E-state index contributed by atoms with van der Waals surface area (Å²) in [6.07, 6.45) is 1.36. The number of aromatic nitrogens is 4. The van der Waals surface area contributed by atoms with Gasteiger partial charge in [0.1, 0.15) is 16.0 Å². The van der Waals surface area contributed by atoms with Crippen molar-refractivity contribution < 1.29 is 14.8 Å². The zero-order chi connectivity index (χ0) is 22.0. The lowest BCUT2D eigenvalue weighted by Gasteiger charge is -2.11. The Hall–Kier alpha value is -3.45. The van der Waals surface area contributed by atoms with Crippen molar-refractivity contribution in [3.63, 3.8) is 0 Å². The summed E-state index contributed by atoms with van der Waals surface area (Å²) in [5.41, 5.74) is 11.4. The van der Waals surface area contributed by atoms with E-state index in [4.69, 9.17) is 0 Å². The van der Waals surface area contributed by atoms with Crippen LogP contribution in [0.3, 0.4) is 0 Å². The number of aromatic hydroxyl groups is 2. The molecule has 0 saturated heterocycles. The first kappa shape index (κ1) is 20.8. The lowest BCUT2D eigenvalue weighted by atomic mass is 10.2. The van der Waals surface area contributed by atoms with Gasteiger partial charge >= 0.3 is 0 Å². The molecule has 158 valence electrons. The minimum atomic E-state index is -0.173. The molecule has 0 atom stereocenters. The number of aryl methyl sites for hydroxylation is 1. The van der Waals surface area contributed by atoms with Gasteiger partial charge in [-0.2, -0.15) is 15.1 Å². The summed E-state index contributed by atoms with van der Waals surface area (Å²) in [7, 11) is 0. The van der Waals surface area contributed by atoms with E-state index in [0.29, 0.717) is 15.9 Å². The molecule has 0 radical (unpaired) electrons. The number of nitrogens with one attached hydrogen (secondary N) is 3. The van der Waals surface area contributed by atoms with Crippen molar-refractivity contribution >= 4 is 66.7 Å². The number of halogens is 2. The first-order valence-corrected chi connectivity index (χ1v) is 10.3. The first-order valence-electron chi connectivity index (χ1n) is 8.70. The SMILES string of the molecule is Cc1ccc(NNc2nc3nonc3nc2N/N=C/c2cc(Br)c(O)c(Br)c2O)cc1. The Morgan fingerprint density at radius 1 is 0.968 bits per heavy atom. The molecule has 4 aromatic rings. The van der Waals surface area contributed by atoms with E-state index in [1.54, 1.807) is 0 Å². The van der Waals surface area contributed by atoms with Gasteiger partial charge in [0.15, 0.2) is 11.6 Å². The molecule has 0 aliphatic carbocycles. The van der Waals surface area contributed by atoms with Gasteiger partial charge in [-0.25, -0.2) is 4.63 Å². The molecular formula is C18H14Br2N8O3. The smallest absolute Gasteiger partial charge is 0.245 e. The lowest BCUT2D eigenvalue weighted by molar-refractivity contribution is 0.314. The molecule has 2 aromatic heterocycles. The Balaban J connectivity index is 1.58. The summed E-state index contributed by atoms with van der Waals surface area (Å²) in [6.45, 7) is 2.00. The number of nitrogens with zero attached hydrogens (tertiary/aromatic N) is 5. The molecule has 0 aliphatic heterocycles. The molecule has 0 saturated carbocycles. The van der Waals surface area contributed by atoms with Crippen LogP contribution >= 0.6 is 31.9 Å². The summed E-state index contributed by atoms with van der Waals surface area (Å²) in [5, 5.41) is 31.5. The van der Waals surface area contributed by atoms with Crippen LogP contribution in [0.1, 0.15) is 11.1 Å². The van der Waals surface area contributed by atoms with Gasteiger partial charge in [-0.15, -0.1) is 0 Å². The second-order valence-electron chi connectivity index (χ2n) is 6.28. The molecule has 5 N–H and O–H groups in total. The van der Waals surface area contributed by atoms with Crippen molar-refractivity contribution in [2.75, 3.05) is 16.3 Å². The highest BCUT2D eigenvalue weighted by Gasteiger charge is 2.14. The van der Waals surface area contributed by atoms with Crippen molar-refractivity contribution in [1.29, 1.82) is 0 Å². The van der Waals surface area contributed by atoms with E-state index in [0.717, 1.165) is 11.3 Å². The largest absolute Gasteiger partial charge is 0.506 e. The minimum Gasteiger partial charge on any atom is -0.506 e. The molecule has 0 bridgehead atoms. The zero-order valence-corrected chi connectivity index (χ0v) is 18.9. The van der Waals surface area contributed by atoms with Gasteiger partial charge in [0.05, 0.1) is 16.4 Å². The van der Waals surface area contributed by atoms with E-state index in [1.165, 1.54) is 12.3 Å². The van der Waals surface area contributed by atoms with Gasteiger partial charge in [-0.3, -0.25) is 16.3 Å². The fourth-order valence-electron chi connectivity index (χ4n) is 2.45. The van der Waals surface area contributed by atoms with Crippen molar-refractivity contribution in [1.82, 2.24) is 20.3 Å². The van der Waals surface area contributed by atoms with Crippen molar-refractivity contribution in [3.05, 3.63) is 50.4 Å². The molecule has 2 aromatic carbocycles. The Labute approximate surface area is 191 Å². The summed E-state index contributed by atoms with van der Waals surface area (Å²) in [5.74, 6) is 0.229. The Bertz CT molecular complexity index is 1280. The van der Waals surface area contributed by atoms with E-state index in [-0.39, 0.29) is 33.1 Å². The van der Waals surface area contributed by atoms with Crippen molar-refractivity contribution in [2.45, 2.75) is 6.92 Å². The van der Waals surface area contributed by atoms with Gasteiger partial charge in [0.2, 0.25) is 11.3 Å². The topological polar surface area (TPSA) is 154 Å². The molecule has 0 unspecified atom stereocenters. The normalized spacial score (nSPS) is 11.2. The van der Waals surface area contributed by atoms with Crippen LogP contribution in [0.15, 0.2) is 49.0 Å². The molecule has 11 nitrogen and oxygen atoms in total. The summed E-state index contributed by atoms with van der Waals surface area (Å²) >= 11 is 6.33. The van der Waals surface area contributed by atoms with Crippen LogP contribution in [0.25, 0.3) is 11.3 Å². The number of rotatable bonds is 6. The molecule has 31 heavy (non-hydrogen) atoms. The fraction of sp³-hybridized carbons (Fsp3) is 0.0556. The van der Waals surface area contributed by atoms with E-state index < -0.39 is 0 Å². The molecule has 0 fully saturated rings. The number of hydrogen-bond acceptors (Lipinski definition) is 11. The molecule has 2 heterocycles. The van der Waals surface area contributed by atoms with Crippen LogP contribution in [-0.4, -0.2) is 36.7 Å². The molecule has 0 amide bonds. The summed E-state index contributed by atoms with van der Waals surface area (Å²) in [6, 6.07) is 9.24. The zero-order valence-electron chi connectivity index (χ0n) is 15.8. The van der Waals surface area contributed by atoms with Crippen LogP contribution in [0.4, 0.5) is 17.3 Å². The van der Waals surface area contributed by atoms with E-state index in [9.17, 15) is 10.2 Å². The molecule has 13 heteroatoms. The number of phenols is 2. The molecule has 4 rings (SSSR count). The van der Waals surface area contributed by atoms with E-state index >= 15 is 0 Å². The highest BCUT2D eigenvalue weighted by atomic mass is 79.9. The number of hydrogen-bond donors (Lipinski definition) is 5. The van der Waals surface area contributed by atoms with Crippen LogP contribution in [0, 0.1) is 6.92 Å². The van der Waals surface area contributed by atoms with Crippen LogP contribution in [0.2, 0.25) is 0 Å².